The van der Waals surface area contributed by atoms with Gasteiger partial charge in [0, 0.05) is 31.0 Å². The van der Waals surface area contributed by atoms with Crippen LogP contribution in [-0.2, 0) is 13.1 Å². The van der Waals surface area contributed by atoms with Crippen molar-refractivity contribution in [3.8, 4) is 5.88 Å². The van der Waals surface area contributed by atoms with E-state index in [1.165, 1.54) is 0 Å². The normalized spacial score (nSPS) is 10.5. The molecule has 6 nitrogen and oxygen atoms in total. The Hall–Kier alpha value is -1.95. The monoisotopic (exact) mass is 247 g/mol. The molecule has 6 heteroatoms. The van der Waals surface area contributed by atoms with Crippen molar-refractivity contribution in [2.24, 2.45) is 0 Å². The Balaban J connectivity index is 1.69. The molecule has 0 saturated carbocycles. The Kier molecular flexibility index (Phi) is 4.66. The predicted octanol–water partition coefficient (Wildman–Crippen LogP) is 0.862. The van der Waals surface area contributed by atoms with Crippen molar-refractivity contribution in [3.63, 3.8) is 0 Å². The molecule has 0 radical (unpaired) electrons. The van der Waals surface area contributed by atoms with E-state index < -0.39 is 0 Å². The van der Waals surface area contributed by atoms with Gasteiger partial charge in [0.15, 0.2) is 0 Å². The van der Waals surface area contributed by atoms with Crippen LogP contribution in [0.1, 0.15) is 12.0 Å². The second-order valence-electron chi connectivity index (χ2n) is 3.87. The van der Waals surface area contributed by atoms with Crippen molar-refractivity contribution < 1.29 is 4.74 Å². The molecule has 0 bridgehead atoms. The molecule has 0 fully saturated rings. The van der Waals surface area contributed by atoms with Gasteiger partial charge in [0.2, 0.25) is 5.88 Å². The second-order valence-corrected chi connectivity index (χ2v) is 3.87. The fourth-order valence-electron chi connectivity index (χ4n) is 1.68. The van der Waals surface area contributed by atoms with Gasteiger partial charge in [-0.1, -0.05) is 11.3 Å². The first-order valence-corrected chi connectivity index (χ1v) is 5.93. The molecule has 0 aliphatic carbocycles. The van der Waals surface area contributed by atoms with E-state index in [2.05, 4.69) is 20.6 Å². The molecular formula is C12H17N5O. The molecule has 0 atom stereocenters. The fraction of sp³-hybridized carbons (Fsp3) is 0.417. The average molecular weight is 247 g/mol. The third kappa shape index (κ3) is 3.53. The summed E-state index contributed by atoms with van der Waals surface area (Å²) in [7, 11) is 1.64. The van der Waals surface area contributed by atoms with Crippen LogP contribution >= 0.6 is 0 Å². The molecule has 0 aromatic carbocycles. The second kappa shape index (κ2) is 6.70. The van der Waals surface area contributed by atoms with E-state index in [-0.39, 0.29) is 0 Å². The van der Waals surface area contributed by atoms with Crippen molar-refractivity contribution in [2.45, 2.75) is 19.5 Å². The first kappa shape index (κ1) is 12.5. The molecule has 0 amide bonds. The minimum atomic E-state index is 0.682. The minimum absolute atomic E-state index is 0.682. The molecule has 0 spiro atoms. The number of nitrogens with one attached hydrogen (secondary N) is 1. The van der Waals surface area contributed by atoms with Crippen LogP contribution in [0.25, 0.3) is 0 Å². The molecule has 0 unspecified atom stereocenters. The quantitative estimate of drug-likeness (QED) is 0.735. The molecule has 0 aliphatic rings. The van der Waals surface area contributed by atoms with E-state index in [1.807, 2.05) is 23.0 Å². The Morgan fingerprint density at radius 2 is 2.33 bits per heavy atom. The minimum Gasteiger partial charge on any atom is -0.481 e. The van der Waals surface area contributed by atoms with Crippen molar-refractivity contribution >= 4 is 0 Å². The van der Waals surface area contributed by atoms with Gasteiger partial charge >= 0.3 is 0 Å². The largest absolute Gasteiger partial charge is 0.481 e. The van der Waals surface area contributed by atoms with Gasteiger partial charge in [-0.05, 0) is 19.0 Å². The number of aromatic nitrogens is 4. The summed E-state index contributed by atoms with van der Waals surface area (Å²) in [6, 6.07) is 3.92. The standard InChI is InChI=1S/C12H17N5O/c1-18-12-11(4-2-6-14-12)10-13-5-3-8-17-9-7-15-16-17/h2,4,6-7,9,13H,3,5,8,10H2,1H3. The lowest BCUT2D eigenvalue weighted by atomic mass is 10.2. The van der Waals surface area contributed by atoms with Gasteiger partial charge in [-0.25, -0.2) is 4.98 Å². The fourth-order valence-corrected chi connectivity index (χ4v) is 1.68. The highest BCUT2D eigenvalue weighted by Crippen LogP contribution is 2.12. The molecule has 0 saturated heterocycles. The van der Waals surface area contributed by atoms with Crippen LogP contribution in [0.4, 0.5) is 0 Å². The highest BCUT2D eigenvalue weighted by atomic mass is 16.5. The summed E-state index contributed by atoms with van der Waals surface area (Å²) in [6.45, 7) is 2.55. The third-order valence-electron chi connectivity index (χ3n) is 2.57. The van der Waals surface area contributed by atoms with Gasteiger partial charge in [0.05, 0.1) is 13.3 Å². The number of methoxy groups -OCH3 is 1. The van der Waals surface area contributed by atoms with Gasteiger partial charge < -0.3 is 10.1 Å². The van der Waals surface area contributed by atoms with Crippen LogP contribution in [0, 0.1) is 0 Å². The van der Waals surface area contributed by atoms with Crippen LogP contribution in [0.2, 0.25) is 0 Å². The lowest BCUT2D eigenvalue weighted by Crippen LogP contribution is -2.17. The van der Waals surface area contributed by atoms with Crippen molar-refractivity contribution in [2.75, 3.05) is 13.7 Å². The molecule has 18 heavy (non-hydrogen) atoms. The van der Waals surface area contributed by atoms with E-state index in [1.54, 1.807) is 19.5 Å². The lowest BCUT2D eigenvalue weighted by molar-refractivity contribution is 0.390. The van der Waals surface area contributed by atoms with Gasteiger partial charge in [0.25, 0.3) is 0 Å². The third-order valence-corrected chi connectivity index (χ3v) is 2.57. The molecule has 2 aromatic heterocycles. The summed E-state index contributed by atoms with van der Waals surface area (Å²) in [5.41, 5.74) is 1.07. The predicted molar refractivity (Wildman–Crippen MR) is 67.1 cm³/mol. The summed E-state index contributed by atoms with van der Waals surface area (Å²) in [5.74, 6) is 0.682. The van der Waals surface area contributed by atoms with Crippen LogP contribution in [0.3, 0.4) is 0 Å². The van der Waals surface area contributed by atoms with Crippen LogP contribution in [-0.4, -0.2) is 33.6 Å². The summed E-state index contributed by atoms with van der Waals surface area (Å²) in [6.07, 6.45) is 6.29. The van der Waals surface area contributed by atoms with Gasteiger partial charge in [-0.3, -0.25) is 4.68 Å². The number of nitrogens with zero attached hydrogens (tertiary/aromatic N) is 4. The number of rotatable bonds is 7. The maximum atomic E-state index is 5.19. The molecule has 2 heterocycles. The highest BCUT2D eigenvalue weighted by Gasteiger charge is 2.01. The molecule has 1 N–H and O–H groups in total. The Morgan fingerprint density at radius 3 is 3.11 bits per heavy atom. The van der Waals surface area contributed by atoms with Crippen molar-refractivity contribution in [3.05, 3.63) is 36.3 Å². The molecule has 2 rings (SSSR count). The SMILES string of the molecule is COc1ncccc1CNCCCn1ccnn1. The number of hydrogen-bond acceptors (Lipinski definition) is 5. The zero-order valence-electron chi connectivity index (χ0n) is 10.4. The van der Waals surface area contributed by atoms with Crippen LogP contribution in [0.5, 0.6) is 5.88 Å². The zero-order valence-corrected chi connectivity index (χ0v) is 10.4. The Labute approximate surface area is 106 Å². The lowest BCUT2D eigenvalue weighted by Gasteiger charge is -2.08. The Bertz CT molecular complexity index is 457. The summed E-state index contributed by atoms with van der Waals surface area (Å²) in [5, 5.41) is 11.0. The highest BCUT2D eigenvalue weighted by molar-refractivity contribution is 5.24. The smallest absolute Gasteiger partial charge is 0.217 e. The van der Waals surface area contributed by atoms with E-state index in [0.717, 1.165) is 31.6 Å². The molecule has 0 aliphatic heterocycles. The summed E-state index contributed by atoms with van der Waals surface area (Å²) >= 11 is 0. The maximum Gasteiger partial charge on any atom is 0.217 e. The number of ether oxygens (including phenoxy) is 1. The van der Waals surface area contributed by atoms with E-state index in [4.69, 9.17) is 4.74 Å². The Morgan fingerprint density at radius 1 is 1.39 bits per heavy atom. The number of hydrogen-bond donors (Lipinski definition) is 1. The van der Waals surface area contributed by atoms with Crippen molar-refractivity contribution in [1.29, 1.82) is 0 Å². The number of pyridine rings is 1. The van der Waals surface area contributed by atoms with Crippen LogP contribution < -0.4 is 10.1 Å². The zero-order chi connectivity index (χ0) is 12.6. The topological polar surface area (TPSA) is 64.9 Å². The van der Waals surface area contributed by atoms with Gasteiger partial charge in [-0.15, -0.1) is 5.10 Å². The molecular weight excluding hydrogens is 230 g/mol. The van der Waals surface area contributed by atoms with Gasteiger partial charge in [-0.2, -0.15) is 0 Å². The molecule has 2 aromatic rings. The summed E-state index contributed by atoms with van der Waals surface area (Å²) in [4.78, 5) is 4.15. The summed E-state index contributed by atoms with van der Waals surface area (Å²) < 4.78 is 7.01. The number of aryl methyl sites for hydroxylation is 1. The molecule has 96 valence electrons. The average Bonchev–Trinajstić information content (AvgIpc) is 2.92. The first-order chi connectivity index (χ1) is 8.90. The van der Waals surface area contributed by atoms with E-state index in [0.29, 0.717) is 5.88 Å². The van der Waals surface area contributed by atoms with Crippen LogP contribution in [0.15, 0.2) is 30.7 Å². The van der Waals surface area contributed by atoms with Crippen molar-refractivity contribution in [1.82, 2.24) is 25.3 Å². The van der Waals surface area contributed by atoms with E-state index in [9.17, 15) is 0 Å². The van der Waals surface area contributed by atoms with E-state index >= 15 is 0 Å². The maximum absolute atomic E-state index is 5.19. The first-order valence-electron chi connectivity index (χ1n) is 5.93. The van der Waals surface area contributed by atoms with Gasteiger partial charge in [0.1, 0.15) is 0 Å².